The third-order valence-electron chi connectivity index (χ3n) is 3.70. The van der Waals surface area contributed by atoms with Crippen LogP contribution in [0.25, 0.3) is 0 Å². The molecule has 5 nitrogen and oxygen atoms in total. The van der Waals surface area contributed by atoms with Gasteiger partial charge in [0, 0.05) is 18.7 Å². The normalized spacial score (nSPS) is 25.7. The quantitative estimate of drug-likeness (QED) is 0.890. The summed E-state index contributed by atoms with van der Waals surface area (Å²) in [5.41, 5.74) is 1.77. The van der Waals surface area contributed by atoms with Crippen LogP contribution in [0, 0.1) is 0 Å². The van der Waals surface area contributed by atoms with Gasteiger partial charge in [0.25, 0.3) is 5.91 Å². The van der Waals surface area contributed by atoms with E-state index in [0.29, 0.717) is 25.9 Å². The Balaban J connectivity index is 1.64. The van der Waals surface area contributed by atoms with Gasteiger partial charge in [-0.25, -0.2) is 4.79 Å². The number of carbonyl (C=O) groups is 2. The minimum Gasteiger partial charge on any atom is -0.479 e. The van der Waals surface area contributed by atoms with Crippen molar-refractivity contribution in [3.8, 4) is 0 Å². The summed E-state index contributed by atoms with van der Waals surface area (Å²) >= 11 is 0. The van der Waals surface area contributed by atoms with E-state index in [1.165, 1.54) is 0 Å². The third kappa shape index (κ3) is 2.21. The fourth-order valence-electron chi connectivity index (χ4n) is 2.73. The van der Waals surface area contributed by atoms with Crippen molar-refractivity contribution in [3.05, 3.63) is 35.4 Å². The molecule has 2 aliphatic rings. The van der Waals surface area contributed by atoms with Gasteiger partial charge >= 0.3 is 5.97 Å². The number of hydrogen-bond donors (Lipinski definition) is 1. The number of amides is 1. The van der Waals surface area contributed by atoms with Crippen molar-refractivity contribution in [1.29, 1.82) is 0 Å². The maximum atomic E-state index is 12.2. The van der Waals surface area contributed by atoms with Crippen molar-refractivity contribution in [2.24, 2.45) is 0 Å². The summed E-state index contributed by atoms with van der Waals surface area (Å²) in [6.07, 6.45) is 0.330. The van der Waals surface area contributed by atoms with Gasteiger partial charge in [-0.3, -0.25) is 4.79 Å². The molecule has 2 heterocycles. The van der Waals surface area contributed by atoms with E-state index in [1.807, 2.05) is 24.3 Å². The van der Waals surface area contributed by atoms with Gasteiger partial charge in [0.1, 0.15) is 0 Å². The zero-order valence-electron chi connectivity index (χ0n) is 10.4. The third-order valence-corrected chi connectivity index (χ3v) is 3.70. The van der Waals surface area contributed by atoms with Crippen molar-refractivity contribution in [2.45, 2.75) is 31.6 Å². The molecule has 0 bridgehead atoms. The van der Waals surface area contributed by atoms with Crippen LogP contribution < -0.4 is 0 Å². The monoisotopic (exact) mass is 261 g/mol. The summed E-state index contributed by atoms with van der Waals surface area (Å²) in [7, 11) is 0. The lowest BCUT2D eigenvalue weighted by Gasteiger charge is -2.20. The Hall–Kier alpha value is -1.88. The molecular formula is C14H15NO4. The first-order valence-corrected chi connectivity index (χ1v) is 6.40. The summed E-state index contributed by atoms with van der Waals surface area (Å²) < 4.78 is 5.44. The average Bonchev–Trinajstić information content (AvgIpc) is 2.97. The van der Waals surface area contributed by atoms with E-state index in [4.69, 9.17) is 9.84 Å². The largest absolute Gasteiger partial charge is 0.479 e. The Bertz CT molecular complexity index is 528. The van der Waals surface area contributed by atoms with E-state index in [2.05, 4.69) is 0 Å². The Labute approximate surface area is 110 Å². The molecule has 0 spiro atoms. The lowest BCUT2D eigenvalue weighted by atomic mass is 10.1. The molecule has 1 aromatic rings. The van der Waals surface area contributed by atoms with E-state index in [0.717, 1.165) is 11.1 Å². The molecular weight excluding hydrogens is 246 g/mol. The highest BCUT2D eigenvalue weighted by Crippen LogP contribution is 2.26. The molecule has 2 atom stereocenters. The zero-order chi connectivity index (χ0) is 13.4. The predicted molar refractivity (Wildman–Crippen MR) is 66.7 cm³/mol. The molecule has 1 fully saturated rings. The first kappa shape index (κ1) is 12.2. The van der Waals surface area contributed by atoms with Crippen molar-refractivity contribution in [2.75, 3.05) is 6.54 Å². The fraction of sp³-hybridized carbons (Fsp3) is 0.429. The van der Waals surface area contributed by atoms with E-state index in [1.54, 1.807) is 4.90 Å². The topological polar surface area (TPSA) is 66.8 Å². The molecule has 0 radical (unpaired) electrons. The maximum Gasteiger partial charge on any atom is 0.332 e. The van der Waals surface area contributed by atoms with Crippen LogP contribution in [-0.4, -0.2) is 40.6 Å². The summed E-state index contributed by atoms with van der Waals surface area (Å²) in [4.78, 5) is 24.7. The second kappa shape index (κ2) is 4.66. The van der Waals surface area contributed by atoms with Crippen molar-refractivity contribution >= 4 is 11.9 Å². The first-order chi connectivity index (χ1) is 9.15. The molecule has 1 N–H and O–H groups in total. The number of aliphatic carboxylic acids is 1. The Kier molecular flexibility index (Phi) is 2.98. The smallest absolute Gasteiger partial charge is 0.332 e. The van der Waals surface area contributed by atoms with Crippen LogP contribution in [0.4, 0.5) is 0 Å². The Morgan fingerprint density at radius 3 is 2.84 bits per heavy atom. The molecule has 0 saturated carbocycles. The standard InChI is InChI=1S/C14H15NO4/c16-13-11-4-2-1-3-9(11)7-15(13)8-10-5-6-12(19-10)14(17)18/h1-4,10,12H,5-8H2,(H,17,18). The second-order valence-electron chi connectivity index (χ2n) is 5.01. The van der Waals surface area contributed by atoms with Crippen LogP contribution >= 0.6 is 0 Å². The number of benzene rings is 1. The average molecular weight is 261 g/mol. The number of carboxylic acids is 1. The number of carbonyl (C=O) groups excluding carboxylic acids is 1. The summed E-state index contributed by atoms with van der Waals surface area (Å²) in [5.74, 6) is -0.906. The van der Waals surface area contributed by atoms with E-state index < -0.39 is 12.1 Å². The van der Waals surface area contributed by atoms with Gasteiger partial charge < -0.3 is 14.7 Å². The van der Waals surface area contributed by atoms with Crippen LogP contribution in [0.3, 0.4) is 0 Å². The molecule has 0 aromatic heterocycles. The second-order valence-corrected chi connectivity index (χ2v) is 5.01. The number of rotatable bonds is 3. The van der Waals surface area contributed by atoms with Gasteiger partial charge in [0.2, 0.25) is 0 Å². The minimum absolute atomic E-state index is 0.0120. The highest BCUT2D eigenvalue weighted by atomic mass is 16.5. The highest BCUT2D eigenvalue weighted by molar-refractivity contribution is 5.98. The number of ether oxygens (including phenoxy) is 1. The zero-order valence-corrected chi connectivity index (χ0v) is 10.4. The fourth-order valence-corrected chi connectivity index (χ4v) is 2.73. The molecule has 3 rings (SSSR count). The molecule has 0 aliphatic carbocycles. The van der Waals surface area contributed by atoms with Crippen molar-refractivity contribution in [3.63, 3.8) is 0 Å². The number of nitrogens with zero attached hydrogens (tertiary/aromatic N) is 1. The highest BCUT2D eigenvalue weighted by Gasteiger charge is 2.34. The number of fused-ring (bicyclic) bond motifs is 1. The molecule has 5 heteroatoms. The summed E-state index contributed by atoms with van der Waals surface area (Å²) in [6, 6.07) is 7.55. The van der Waals surface area contributed by atoms with Crippen LogP contribution in [0.15, 0.2) is 24.3 Å². The SMILES string of the molecule is O=C(O)C1CCC(CN2Cc3ccccc3C2=O)O1. The van der Waals surface area contributed by atoms with Gasteiger partial charge in [0.05, 0.1) is 6.10 Å². The Morgan fingerprint density at radius 1 is 1.37 bits per heavy atom. The summed E-state index contributed by atoms with van der Waals surface area (Å²) in [6.45, 7) is 1.06. The molecule has 1 saturated heterocycles. The predicted octanol–water partition coefficient (Wildman–Crippen LogP) is 1.27. The molecule has 1 aromatic carbocycles. The molecule has 19 heavy (non-hydrogen) atoms. The van der Waals surface area contributed by atoms with E-state index in [-0.39, 0.29) is 12.0 Å². The molecule has 2 unspecified atom stereocenters. The van der Waals surface area contributed by atoms with Gasteiger partial charge in [-0.1, -0.05) is 18.2 Å². The van der Waals surface area contributed by atoms with Gasteiger partial charge in [-0.05, 0) is 24.5 Å². The Morgan fingerprint density at radius 2 is 2.16 bits per heavy atom. The van der Waals surface area contributed by atoms with Crippen molar-refractivity contribution in [1.82, 2.24) is 4.90 Å². The van der Waals surface area contributed by atoms with Crippen LogP contribution in [0.5, 0.6) is 0 Å². The van der Waals surface area contributed by atoms with Gasteiger partial charge in [0.15, 0.2) is 6.10 Å². The molecule has 2 aliphatic heterocycles. The van der Waals surface area contributed by atoms with Crippen LogP contribution in [-0.2, 0) is 16.1 Å². The van der Waals surface area contributed by atoms with E-state index in [9.17, 15) is 9.59 Å². The minimum atomic E-state index is -0.918. The van der Waals surface area contributed by atoms with Crippen LogP contribution in [0.2, 0.25) is 0 Å². The first-order valence-electron chi connectivity index (χ1n) is 6.40. The van der Waals surface area contributed by atoms with Crippen LogP contribution in [0.1, 0.15) is 28.8 Å². The summed E-state index contributed by atoms with van der Waals surface area (Å²) in [5, 5.41) is 8.88. The van der Waals surface area contributed by atoms with Gasteiger partial charge in [-0.2, -0.15) is 0 Å². The van der Waals surface area contributed by atoms with Gasteiger partial charge in [-0.15, -0.1) is 0 Å². The lowest BCUT2D eigenvalue weighted by Crippen LogP contribution is -2.33. The van der Waals surface area contributed by atoms with Crippen molar-refractivity contribution < 1.29 is 19.4 Å². The lowest BCUT2D eigenvalue weighted by molar-refractivity contribution is -0.149. The van der Waals surface area contributed by atoms with E-state index >= 15 is 0 Å². The molecule has 1 amide bonds. The number of hydrogen-bond acceptors (Lipinski definition) is 3. The molecule has 100 valence electrons. The maximum absolute atomic E-state index is 12.2. The number of carboxylic acid groups (broad SMARTS) is 1.